The molecule has 0 aliphatic heterocycles. The fraction of sp³-hybridized carbons (Fsp3) is 0.375. The van der Waals surface area contributed by atoms with Gasteiger partial charge in [-0.1, -0.05) is 11.6 Å². The molecule has 6 nitrogen and oxygen atoms in total. The highest BCUT2D eigenvalue weighted by atomic mass is 35.5. The molecular weight excluding hydrogens is 287 g/mol. The van der Waals surface area contributed by atoms with Gasteiger partial charge in [-0.3, -0.25) is 10.1 Å². The first kappa shape index (κ1) is 14.0. The van der Waals surface area contributed by atoms with Crippen molar-refractivity contribution in [1.82, 2.24) is 15.2 Å². The number of hydrogen-bond donors (Lipinski definition) is 1. The zero-order chi connectivity index (χ0) is 12.8. The Kier molecular flexibility index (Phi) is 5.46. The normalized spacial score (nSPS) is 11.4. The Balaban J connectivity index is 2.64. The van der Waals surface area contributed by atoms with Gasteiger partial charge in [0.15, 0.2) is 10.3 Å². The summed E-state index contributed by atoms with van der Waals surface area (Å²) in [7, 11) is 1.65. The molecule has 94 valence electrons. The largest absolute Gasteiger partial charge is 0.362 e. The highest BCUT2D eigenvalue weighted by molar-refractivity contribution is 7.15. The average molecular weight is 297 g/mol. The highest BCUT2D eigenvalue weighted by Gasteiger charge is 2.09. The number of alkyl halides is 1. The summed E-state index contributed by atoms with van der Waals surface area (Å²) in [5.74, 6) is 0.328. The van der Waals surface area contributed by atoms with Crippen LogP contribution in [0.3, 0.4) is 0 Å². The summed E-state index contributed by atoms with van der Waals surface area (Å²) < 4.78 is 0.437. The van der Waals surface area contributed by atoms with Gasteiger partial charge in [-0.2, -0.15) is 0 Å². The zero-order valence-corrected chi connectivity index (χ0v) is 11.2. The van der Waals surface area contributed by atoms with E-state index in [9.17, 15) is 10.1 Å². The maximum absolute atomic E-state index is 10.4. The average Bonchev–Trinajstić information content (AvgIpc) is 2.68. The lowest BCUT2D eigenvalue weighted by Gasteiger charge is -2.18. The molecule has 17 heavy (non-hydrogen) atoms. The zero-order valence-electron chi connectivity index (χ0n) is 8.89. The van der Waals surface area contributed by atoms with Crippen molar-refractivity contribution in [3.63, 3.8) is 0 Å². The number of aromatic nitrogens is 1. The van der Waals surface area contributed by atoms with Crippen LogP contribution in [0.1, 0.15) is 4.88 Å². The molecule has 0 atom stereocenters. The van der Waals surface area contributed by atoms with Crippen LogP contribution >= 0.6 is 34.5 Å². The fourth-order valence-corrected chi connectivity index (χ4v) is 2.03. The molecule has 0 fully saturated rings. The lowest BCUT2D eigenvalue weighted by molar-refractivity contribution is -0.404. The molecule has 0 saturated heterocycles. The summed E-state index contributed by atoms with van der Waals surface area (Å²) in [6, 6.07) is 0.149. The summed E-state index contributed by atoms with van der Waals surface area (Å²) in [5, 5.41) is 13.3. The minimum Gasteiger partial charge on any atom is -0.362 e. The van der Waals surface area contributed by atoms with E-state index in [1.807, 2.05) is 0 Å². The number of nitro groups is 1. The van der Waals surface area contributed by atoms with Gasteiger partial charge in [0.25, 0.3) is 6.20 Å². The number of thiazole rings is 1. The number of halogens is 2. The summed E-state index contributed by atoms with van der Waals surface area (Å²) >= 11 is 12.6. The third-order valence-corrected chi connectivity index (χ3v) is 3.26. The van der Waals surface area contributed by atoms with Crippen molar-refractivity contribution in [1.29, 1.82) is 0 Å². The van der Waals surface area contributed by atoms with Crippen LogP contribution in [-0.2, 0) is 6.54 Å². The second-order valence-electron chi connectivity index (χ2n) is 3.05. The van der Waals surface area contributed by atoms with Crippen molar-refractivity contribution in [3.05, 3.63) is 37.7 Å². The molecular formula is C8H10Cl2N4O2S. The van der Waals surface area contributed by atoms with Crippen molar-refractivity contribution in [3.8, 4) is 0 Å². The summed E-state index contributed by atoms with van der Waals surface area (Å²) in [6.45, 7) is 0.408. The Morgan fingerprint density at radius 3 is 3.00 bits per heavy atom. The van der Waals surface area contributed by atoms with E-state index in [0.29, 0.717) is 16.8 Å². The predicted octanol–water partition coefficient (Wildman–Crippen LogP) is 2.09. The molecule has 1 aromatic rings. The number of nitrogens with one attached hydrogen (secondary N) is 1. The van der Waals surface area contributed by atoms with Gasteiger partial charge in [-0.25, -0.2) is 4.98 Å². The smallest absolute Gasteiger partial charge is 0.274 e. The van der Waals surface area contributed by atoms with Gasteiger partial charge in [-0.05, 0) is 0 Å². The topological polar surface area (TPSA) is 71.3 Å². The molecule has 1 aromatic heterocycles. The van der Waals surface area contributed by atoms with Crippen molar-refractivity contribution in [2.24, 2.45) is 0 Å². The summed E-state index contributed by atoms with van der Waals surface area (Å²) in [6.07, 6.45) is 2.48. The van der Waals surface area contributed by atoms with E-state index in [0.717, 1.165) is 11.1 Å². The van der Waals surface area contributed by atoms with Crippen molar-refractivity contribution in [2.45, 2.75) is 6.54 Å². The standard InChI is InChI=1S/C8H10Cl2N4O2S/c1-13(5-9)7(4-14(15)16)11-2-6-3-12-8(10)17-6/h3-4,11H,2,5H2,1H3. The van der Waals surface area contributed by atoms with Crippen LogP contribution in [0, 0.1) is 10.1 Å². The van der Waals surface area contributed by atoms with Gasteiger partial charge in [-0.15, -0.1) is 22.9 Å². The van der Waals surface area contributed by atoms with E-state index in [1.54, 1.807) is 13.2 Å². The maximum Gasteiger partial charge on any atom is 0.274 e. The molecule has 0 bridgehead atoms. The second kappa shape index (κ2) is 6.63. The predicted molar refractivity (Wildman–Crippen MR) is 67.5 cm³/mol. The molecule has 0 unspecified atom stereocenters. The minimum absolute atomic E-state index is 0.149. The minimum atomic E-state index is -0.537. The van der Waals surface area contributed by atoms with Gasteiger partial charge in [0, 0.05) is 18.1 Å². The molecule has 1 heterocycles. The number of hydrogen-bond acceptors (Lipinski definition) is 6. The molecule has 1 N–H and O–H groups in total. The third kappa shape index (κ3) is 4.76. The SMILES string of the molecule is CN(CCl)C(=C[N+](=O)[O-])NCc1cnc(Cl)s1. The molecule has 0 aromatic carbocycles. The van der Waals surface area contributed by atoms with E-state index in [-0.39, 0.29) is 6.00 Å². The molecule has 0 amide bonds. The molecule has 0 saturated carbocycles. The Labute approximate surface area is 112 Å². The van der Waals surface area contributed by atoms with Crippen LogP contribution in [0.2, 0.25) is 4.47 Å². The Bertz CT molecular complexity index is 423. The number of nitrogens with zero attached hydrogens (tertiary/aromatic N) is 3. The quantitative estimate of drug-likeness (QED) is 0.377. The van der Waals surface area contributed by atoms with Crippen LogP contribution < -0.4 is 5.32 Å². The first-order valence-electron chi connectivity index (χ1n) is 4.49. The lowest BCUT2D eigenvalue weighted by atomic mass is 10.5. The van der Waals surface area contributed by atoms with Crippen molar-refractivity contribution < 1.29 is 4.92 Å². The molecule has 1 rings (SSSR count). The van der Waals surface area contributed by atoms with Gasteiger partial charge in [0.05, 0.1) is 17.5 Å². The van der Waals surface area contributed by atoms with E-state index >= 15 is 0 Å². The van der Waals surface area contributed by atoms with E-state index in [2.05, 4.69) is 10.3 Å². The molecule has 0 spiro atoms. The molecule has 0 radical (unpaired) electrons. The van der Waals surface area contributed by atoms with E-state index < -0.39 is 4.92 Å². The van der Waals surface area contributed by atoms with Gasteiger partial charge < -0.3 is 10.2 Å². The molecule has 0 aliphatic carbocycles. The van der Waals surface area contributed by atoms with Crippen LogP contribution in [0.5, 0.6) is 0 Å². The first-order chi connectivity index (χ1) is 8.02. The monoisotopic (exact) mass is 296 g/mol. The van der Waals surface area contributed by atoms with Crippen molar-refractivity contribution in [2.75, 3.05) is 13.1 Å². The van der Waals surface area contributed by atoms with Crippen LogP contribution in [0.15, 0.2) is 18.2 Å². The lowest BCUT2D eigenvalue weighted by Crippen LogP contribution is -2.28. The molecule has 0 aliphatic rings. The second-order valence-corrected chi connectivity index (χ2v) is 4.99. The third-order valence-electron chi connectivity index (χ3n) is 1.79. The summed E-state index contributed by atoms with van der Waals surface area (Å²) in [5.41, 5.74) is 0. The summed E-state index contributed by atoms with van der Waals surface area (Å²) in [4.78, 5) is 16.2. The highest BCUT2D eigenvalue weighted by Crippen LogP contribution is 2.17. The van der Waals surface area contributed by atoms with Crippen LogP contribution in [0.4, 0.5) is 0 Å². The van der Waals surface area contributed by atoms with Gasteiger partial charge in [0.1, 0.15) is 0 Å². The van der Waals surface area contributed by atoms with Crippen LogP contribution in [0.25, 0.3) is 0 Å². The van der Waals surface area contributed by atoms with E-state index in [1.165, 1.54) is 16.2 Å². The Hall–Kier alpha value is -1.05. The fourth-order valence-electron chi connectivity index (χ4n) is 0.986. The Morgan fingerprint density at radius 2 is 2.53 bits per heavy atom. The van der Waals surface area contributed by atoms with Gasteiger partial charge in [0.2, 0.25) is 0 Å². The maximum atomic E-state index is 10.4. The van der Waals surface area contributed by atoms with Gasteiger partial charge >= 0.3 is 0 Å². The van der Waals surface area contributed by atoms with Crippen LogP contribution in [-0.4, -0.2) is 27.9 Å². The molecule has 9 heteroatoms. The Morgan fingerprint density at radius 1 is 1.82 bits per heavy atom. The van der Waals surface area contributed by atoms with E-state index in [4.69, 9.17) is 23.2 Å². The first-order valence-corrected chi connectivity index (χ1v) is 6.22. The number of rotatable bonds is 6. The van der Waals surface area contributed by atoms with Crippen molar-refractivity contribution >= 4 is 34.5 Å².